The number of hydrogen-bond donors (Lipinski definition) is 1. The third-order valence-corrected chi connectivity index (χ3v) is 8.31. The summed E-state index contributed by atoms with van der Waals surface area (Å²) in [5, 5.41) is 9.59. The number of amides is 2. The van der Waals surface area contributed by atoms with E-state index < -0.39 is 79.5 Å². The van der Waals surface area contributed by atoms with Crippen molar-refractivity contribution in [1.29, 1.82) is 0 Å². The summed E-state index contributed by atoms with van der Waals surface area (Å²) in [4.78, 5) is 30.4. The maximum atomic E-state index is 14.7. The fraction of sp³-hybridized carbons (Fsp3) is 0.692. The van der Waals surface area contributed by atoms with Gasteiger partial charge in [-0.05, 0) is 49.8 Å². The minimum Gasteiger partial charge on any atom is -0.395 e. The first-order chi connectivity index (χ1) is 18.3. The number of benzene rings is 1. The molecule has 5 atom stereocenters. The molecule has 218 valence electrons. The van der Waals surface area contributed by atoms with Crippen LogP contribution < -0.4 is 0 Å². The third-order valence-electron chi connectivity index (χ3n) is 8.31. The minimum absolute atomic E-state index is 0.00782. The molecule has 0 spiro atoms. The molecule has 4 rings (SSSR count). The highest BCUT2D eigenvalue weighted by molar-refractivity contribution is 5.86. The van der Waals surface area contributed by atoms with E-state index in [2.05, 4.69) is 0 Å². The average molecular weight is 568 g/mol. The van der Waals surface area contributed by atoms with E-state index in [0.717, 1.165) is 11.0 Å². The maximum Gasteiger partial charge on any atom is 0.408 e. The van der Waals surface area contributed by atoms with E-state index in [1.807, 2.05) is 0 Å². The number of halogens is 7. The molecule has 3 fully saturated rings. The highest BCUT2D eigenvalue weighted by atomic mass is 19.4. The number of aliphatic hydroxyl groups excluding tert-OH is 1. The first-order valence-electron chi connectivity index (χ1n) is 13.1. The SMILES string of the molecule is Cc1c(F)cccc1C1[C@@H](C(=O)N2CCC[C@@H]2C(F)(F)F)CN(CCO)[C@@H](C(F)(F)F)[C@H]1C(=O)N1CCCC1. The highest BCUT2D eigenvalue weighted by Gasteiger charge is 2.61. The van der Waals surface area contributed by atoms with Crippen molar-refractivity contribution in [3.05, 3.63) is 35.1 Å². The van der Waals surface area contributed by atoms with Gasteiger partial charge >= 0.3 is 12.4 Å². The summed E-state index contributed by atoms with van der Waals surface area (Å²) in [5.74, 6) is -7.62. The summed E-state index contributed by atoms with van der Waals surface area (Å²) in [6.07, 6.45) is -8.85. The Bertz CT molecular complexity index is 1060. The standard InChI is InChI=1S/C26H32F7N3O3/c1-15-16(6-4-7-18(15)27)20-17(23(38)36-11-5-8-19(36)25(28,29)30)14-35(12-13-37)22(26(31,32)33)21(20)24(39)34-9-2-3-10-34/h4,6-7,17,19-22,37H,2-3,5,8-14H2,1H3/t17-,19+,20?,21-,22+/m0/s1. The van der Waals surface area contributed by atoms with Crippen LogP contribution >= 0.6 is 0 Å². The monoisotopic (exact) mass is 567 g/mol. The number of β-amino-alcohol motifs (C(OH)–C–C–N with tert-alkyl or cyclic N) is 1. The summed E-state index contributed by atoms with van der Waals surface area (Å²) in [6, 6.07) is -0.832. The molecule has 3 heterocycles. The van der Waals surface area contributed by atoms with Crippen LogP contribution in [0, 0.1) is 24.6 Å². The Hall–Kier alpha value is -2.41. The molecule has 0 saturated carbocycles. The molecule has 2 amide bonds. The molecule has 13 heteroatoms. The minimum atomic E-state index is -4.98. The summed E-state index contributed by atoms with van der Waals surface area (Å²) >= 11 is 0. The zero-order chi connectivity index (χ0) is 28.7. The van der Waals surface area contributed by atoms with Gasteiger partial charge in [-0.3, -0.25) is 14.5 Å². The number of carbonyl (C=O) groups excluding carboxylic acids is 2. The van der Waals surface area contributed by atoms with Crippen LogP contribution in [-0.4, -0.2) is 95.4 Å². The molecule has 1 aromatic rings. The number of aliphatic hydroxyl groups is 1. The summed E-state index contributed by atoms with van der Waals surface area (Å²) < 4.78 is 100. The molecule has 3 aliphatic rings. The van der Waals surface area contributed by atoms with Gasteiger partial charge in [-0.25, -0.2) is 4.39 Å². The molecule has 0 aromatic heterocycles. The van der Waals surface area contributed by atoms with Crippen LogP contribution in [0.15, 0.2) is 18.2 Å². The van der Waals surface area contributed by atoms with Gasteiger partial charge in [0.15, 0.2) is 0 Å². The first-order valence-corrected chi connectivity index (χ1v) is 13.1. The van der Waals surface area contributed by atoms with Crippen molar-refractivity contribution in [3.8, 4) is 0 Å². The van der Waals surface area contributed by atoms with Crippen LogP contribution in [0.25, 0.3) is 0 Å². The highest BCUT2D eigenvalue weighted by Crippen LogP contribution is 2.49. The smallest absolute Gasteiger partial charge is 0.395 e. The molecule has 3 aliphatic heterocycles. The maximum absolute atomic E-state index is 14.7. The zero-order valence-electron chi connectivity index (χ0n) is 21.4. The predicted molar refractivity (Wildman–Crippen MR) is 126 cm³/mol. The Balaban J connectivity index is 1.90. The van der Waals surface area contributed by atoms with Crippen LogP contribution in [-0.2, 0) is 9.59 Å². The molecule has 1 N–H and O–H groups in total. The Morgan fingerprint density at radius 1 is 0.974 bits per heavy atom. The van der Waals surface area contributed by atoms with Crippen LogP contribution in [0.5, 0.6) is 0 Å². The molecular formula is C26H32F7N3O3. The first kappa shape index (κ1) is 29.6. The van der Waals surface area contributed by atoms with Crippen molar-refractivity contribution in [3.63, 3.8) is 0 Å². The van der Waals surface area contributed by atoms with Crippen molar-refractivity contribution >= 4 is 11.8 Å². The van der Waals surface area contributed by atoms with Crippen molar-refractivity contribution in [1.82, 2.24) is 14.7 Å². The van der Waals surface area contributed by atoms with Crippen molar-refractivity contribution in [2.75, 3.05) is 39.3 Å². The summed E-state index contributed by atoms with van der Waals surface area (Å²) in [7, 11) is 0. The lowest BCUT2D eigenvalue weighted by Crippen LogP contribution is -2.65. The van der Waals surface area contributed by atoms with Gasteiger partial charge in [-0.2, -0.15) is 26.3 Å². The van der Waals surface area contributed by atoms with Gasteiger partial charge < -0.3 is 14.9 Å². The Labute approximate surface area is 221 Å². The number of rotatable bonds is 5. The second-order valence-corrected chi connectivity index (χ2v) is 10.6. The van der Waals surface area contributed by atoms with Gasteiger partial charge in [0.2, 0.25) is 11.8 Å². The van der Waals surface area contributed by atoms with E-state index in [9.17, 15) is 45.4 Å². The predicted octanol–water partition coefficient (Wildman–Crippen LogP) is 3.86. The number of likely N-dealkylation sites (tertiary alicyclic amines) is 3. The van der Waals surface area contributed by atoms with Crippen LogP contribution in [0.3, 0.4) is 0 Å². The van der Waals surface area contributed by atoms with Crippen molar-refractivity contribution in [2.45, 2.75) is 63.0 Å². The molecule has 0 bridgehead atoms. The van der Waals surface area contributed by atoms with Crippen LogP contribution in [0.4, 0.5) is 30.7 Å². The zero-order valence-corrected chi connectivity index (χ0v) is 21.4. The number of alkyl halides is 6. The van der Waals surface area contributed by atoms with E-state index >= 15 is 0 Å². The molecule has 0 aliphatic carbocycles. The lowest BCUT2D eigenvalue weighted by molar-refractivity contribution is -0.219. The number of hydrogen-bond acceptors (Lipinski definition) is 4. The molecule has 1 aromatic carbocycles. The lowest BCUT2D eigenvalue weighted by Gasteiger charge is -2.50. The van der Waals surface area contributed by atoms with Crippen LogP contribution in [0.1, 0.15) is 42.7 Å². The van der Waals surface area contributed by atoms with E-state index in [1.54, 1.807) is 0 Å². The molecular weight excluding hydrogens is 535 g/mol. The fourth-order valence-corrected chi connectivity index (χ4v) is 6.57. The van der Waals surface area contributed by atoms with Gasteiger partial charge in [0.1, 0.15) is 17.9 Å². The van der Waals surface area contributed by atoms with Gasteiger partial charge in [-0.1, -0.05) is 12.1 Å². The number of nitrogens with zero attached hydrogens (tertiary/aromatic N) is 3. The summed E-state index contributed by atoms with van der Waals surface area (Å²) in [5.41, 5.74) is -0.0728. The molecule has 6 nitrogen and oxygen atoms in total. The number of carbonyl (C=O) groups is 2. The van der Waals surface area contributed by atoms with E-state index in [0.29, 0.717) is 17.7 Å². The molecule has 1 unspecified atom stereocenters. The fourth-order valence-electron chi connectivity index (χ4n) is 6.57. The quantitative estimate of drug-likeness (QED) is 0.549. The van der Waals surface area contributed by atoms with E-state index in [1.165, 1.54) is 24.0 Å². The Morgan fingerprint density at radius 2 is 1.64 bits per heavy atom. The van der Waals surface area contributed by atoms with Gasteiger partial charge in [0, 0.05) is 38.6 Å². The van der Waals surface area contributed by atoms with E-state index in [-0.39, 0.29) is 43.6 Å². The number of piperidine rings is 1. The van der Waals surface area contributed by atoms with Gasteiger partial charge in [-0.15, -0.1) is 0 Å². The van der Waals surface area contributed by atoms with Crippen LogP contribution in [0.2, 0.25) is 0 Å². The molecule has 39 heavy (non-hydrogen) atoms. The normalized spacial score (nSPS) is 28.8. The second-order valence-electron chi connectivity index (χ2n) is 10.6. The van der Waals surface area contributed by atoms with E-state index in [4.69, 9.17) is 0 Å². The Kier molecular flexibility index (Phi) is 8.51. The lowest BCUT2D eigenvalue weighted by atomic mass is 9.67. The Morgan fingerprint density at radius 3 is 2.23 bits per heavy atom. The van der Waals surface area contributed by atoms with Crippen molar-refractivity contribution < 1.29 is 45.4 Å². The van der Waals surface area contributed by atoms with Gasteiger partial charge in [0.25, 0.3) is 0 Å². The summed E-state index contributed by atoms with van der Waals surface area (Å²) in [6.45, 7) is -0.422. The topological polar surface area (TPSA) is 64.1 Å². The molecule has 3 saturated heterocycles. The largest absolute Gasteiger partial charge is 0.408 e. The second kappa shape index (κ2) is 11.2. The average Bonchev–Trinajstić information content (AvgIpc) is 3.56. The van der Waals surface area contributed by atoms with Crippen molar-refractivity contribution in [2.24, 2.45) is 11.8 Å². The molecule has 0 radical (unpaired) electrons. The third kappa shape index (κ3) is 5.75. The van der Waals surface area contributed by atoms with Gasteiger partial charge in [0.05, 0.1) is 18.4 Å².